The van der Waals surface area contributed by atoms with Crippen molar-refractivity contribution in [2.75, 3.05) is 15.8 Å². The first-order valence-electron chi connectivity index (χ1n) is 7.21. The van der Waals surface area contributed by atoms with Gasteiger partial charge in [-0.2, -0.15) is 0 Å². The molecule has 23 heavy (non-hydrogen) atoms. The Balaban J connectivity index is 2.04. The third-order valence-corrected chi connectivity index (χ3v) is 4.89. The molecular formula is C16H18Cl2N2O2S. The van der Waals surface area contributed by atoms with Gasteiger partial charge in [0.05, 0.1) is 5.75 Å². The first-order chi connectivity index (χ1) is 10.9. The molecule has 0 spiro atoms. The van der Waals surface area contributed by atoms with Crippen LogP contribution in [0.5, 0.6) is 0 Å². The van der Waals surface area contributed by atoms with Gasteiger partial charge in [0.15, 0.2) is 0 Å². The summed E-state index contributed by atoms with van der Waals surface area (Å²) in [6.07, 6.45) is 1.48. The maximum absolute atomic E-state index is 11.9. The Hall–Kier alpha value is -1.43. The van der Waals surface area contributed by atoms with Crippen molar-refractivity contribution in [3.63, 3.8) is 0 Å². The summed E-state index contributed by atoms with van der Waals surface area (Å²) in [5.41, 5.74) is 2.11. The molecule has 2 aromatic carbocycles. The van der Waals surface area contributed by atoms with E-state index in [1.54, 1.807) is 42.5 Å². The number of nitrogens with one attached hydrogen (secondary N) is 2. The molecule has 0 fully saturated rings. The van der Waals surface area contributed by atoms with E-state index in [0.29, 0.717) is 22.2 Å². The lowest BCUT2D eigenvalue weighted by molar-refractivity contribution is 0.598. The number of anilines is 3. The molecule has 124 valence electrons. The molecule has 0 atom stereocenters. The van der Waals surface area contributed by atoms with Crippen LogP contribution in [-0.2, 0) is 10.0 Å². The molecule has 0 saturated heterocycles. The van der Waals surface area contributed by atoms with Crippen LogP contribution in [0.2, 0.25) is 10.0 Å². The Bertz CT molecular complexity index is 742. The molecule has 0 aliphatic carbocycles. The fraction of sp³-hybridized carbons (Fsp3) is 0.250. The number of unbranched alkanes of at least 4 members (excludes halogenated alkanes) is 1. The van der Waals surface area contributed by atoms with Crippen LogP contribution in [0, 0.1) is 0 Å². The summed E-state index contributed by atoms with van der Waals surface area (Å²) in [5, 5.41) is 4.25. The SMILES string of the molecule is CCCCS(=O)(=O)Nc1ccc(Nc2cc(Cl)cc(Cl)c2)cc1. The van der Waals surface area contributed by atoms with Gasteiger partial charge in [-0.1, -0.05) is 36.5 Å². The highest BCUT2D eigenvalue weighted by Crippen LogP contribution is 2.26. The van der Waals surface area contributed by atoms with Gasteiger partial charge >= 0.3 is 0 Å². The highest BCUT2D eigenvalue weighted by molar-refractivity contribution is 7.92. The molecule has 0 aliphatic rings. The third kappa shape index (κ3) is 5.94. The molecule has 0 bridgehead atoms. The zero-order chi connectivity index (χ0) is 16.9. The van der Waals surface area contributed by atoms with Crippen molar-refractivity contribution in [2.45, 2.75) is 19.8 Å². The second kappa shape index (κ2) is 7.90. The summed E-state index contributed by atoms with van der Waals surface area (Å²) >= 11 is 11.9. The van der Waals surface area contributed by atoms with Crippen molar-refractivity contribution in [3.05, 3.63) is 52.5 Å². The average Bonchev–Trinajstić information content (AvgIpc) is 2.46. The zero-order valence-corrected chi connectivity index (χ0v) is 15.0. The van der Waals surface area contributed by atoms with Crippen molar-refractivity contribution >= 4 is 50.3 Å². The number of hydrogen-bond acceptors (Lipinski definition) is 3. The van der Waals surface area contributed by atoms with Crippen LogP contribution in [0.4, 0.5) is 17.1 Å². The Morgan fingerprint density at radius 1 is 0.913 bits per heavy atom. The molecule has 0 heterocycles. The van der Waals surface area contributed by atoms with Crippen LogP contribution in [-0.4, -0.2) is 14.2 Å². The summed E-state index contributed by atoms with van der Waals surface area (Å²) in [5.74, 6) is 0.129. The Morgan fingerprint density at radius 2 is 1.48 bits per heavy atom. The van der Waals surface area contributed by atoms with Gasteiger partial charge in [-0.05, 0) is 48.9 Å². The first kappa shape index (κ1) is 17.9. The first-order valence-corrected chi connectivity index (χ1v) is 9.62. The number of rotatable bonds is 7. The number of hydrogen-bond donors (Lipinski definition) is 2. The molecule has 0 saturated carbocycles. The largest absolute Gasteiger partial charge is 0.355 e. The molecule has 2 rings (SSSR count). The molecule has 7 heteroatoms. The normalized spacial score (nSPS) is 11.3. The Morgan fingerprint density at radius 3 is 2.04 bits per heavy atom. The minimum Gasteiger partial charge on any atom is -0.355 e. The molecule has 0 aliphatic heterocycles. The van der Waals surface area contributed by atoms with Gasteiger partial charge in [-0.3, -0.25) is 4.72 Å². The minimum absolute atomic E-state index is 0.129. The molecule has 0 radical (unpaired) electrons. The van der Waals surface area contributed by atoms with Gasteiger partial charge in [-0.15, -0.1) is 0 Å². The predicted octanol–water partition coefficient (Wildman–Crippen LogP) is 5.28. The van der Waals surface area contributed by atoms with E-state index in [2.05, 4.69) is 10.0 Å². The lowest BCUT2D eigenvalue weighted by Gasteiger charge is -2.10. The van der Waals surface area contributed by atoms with Gasteiger partial charge in [0.25, 0.3) is 0 Å². The summed E-state index contributed by atoms with van der Waals surface area (Å²) in [4.78, 5) is 0. The maximum Gasteiger partial charge on any atom is 0.232 e. The second-order valence-electron chi connectivity index (χ2n) is 5.13. The van der Waals surface area contributed by atoms with E-state index >= 15 is 0 Å². The highest BCUT2D eigenvalue weighted by Gasteiger charge is 2.09. The van der Waals surface area contributed by atoms with E-state index < -0.39 is 10.0 Å². The van der Waals surface area contributed by atoms with Gasteiger partial charge in [0.1, 0.15) is 0 Å². The van der Waals surface area contributed by atoms with E-state index in [1.807, 2.05) is 6.92 Å². The number of halogens is 2. The van der Waals surface area contributed by atoms with Crippen LogP contribution in [0.3, 0.4) is 0 Å². The monoisotopic (exact) mass is 372 g/mol. The smallest absolute Gasteiger partial charge is 0.232 e. The second-order valence-corrected chi connectivity index (χ2v) is 7.85. The van der Waals surface area contributed by atoms with Gasteiger partial charge in [-0.25, -0.2) is 8.42 Å². The van der Waals surface area contributed by atoms with Gasteiger partial charge < -0.3 is 5.32 Å². The van der Waals surface area contributed by atoms with Crippen LogP contribution in [0.25, 0.3) is 0 Å². The van der Waals surface area contributed by atoms with E-state index in [4.69, 9.17) is 23.2 Å². The van der Waals surface area contributed by atoms with E-state index in [1.165, 1.54) is 0 Å². The molecular weight excluding hydrogens is 355 g/mol. The van der Waals surface area contributed by atoms with Crippen LogP contribution >= 0.6 is 23.2 Å². The fourth-order valence-electron chi connectivity index (χ4n) is 1.98. The topological polar surface area (TPSA) is 58.2 Å². The van der Waals surface area contributed by atoms with Gasteiger partial charge in [0.2, 0.25) is 10.0 Å². The van der Waals surface area contributed by atoms with Gasteiger partial charge in [0, 0.05) is 27.1 Å². The lowest BCUT2D eigenvalue weighted by atomic mass is 10.2. The summed E-state index contributed by atoms with van der Waals surface area (Å²) < 4.78 is 26.3. The Labute approximate surface area is 146 Å². The van der Waals surface area contributed by atoms with Crippen LogP contribution < -0.4 is 10.0 Å². The molecule has 2 N–H and O–H groups in total. The van der Waals surface area contributed by atoms with Crippen LogP contribution in [0.1, 0.15) is 19.8 Å². The number of benzene rings is 2. The molecule has 0 aromatic heterocycles. The van der Waals surface area contributed by atoms with Crippen molar-refractivity contribution in [2.24, 2.45) is 0 Å². The van der Waals surface area contributed by atoms with Crippen molar-refractivity contribution in [3.8, 4) is 0 Å². The standard InChI is InChI=1S/C16H18Cl2N2O2S/c1-2-3-8-23(21,22)20-15-6-4-14(5-7-15)19-16-10-12(17)9-13(18)11-16/h4-7,9-11,19-20H,2-3,8H2,1H3. The number of sulfonamides is 1. The van der Waals surface area contributed by atoms with E-state index in [9.17, 15) is 8.42 Å². The summed E-state index contributed by atoms with van der Waals surface area (Å²) in [6, 6.07) is 12.2. The fourth-order valence-corrected chi connectivity index (χ4v) is 3.77. The van der Waals surface area contributed by atoms with Crippen molar-refractivity contribution < 1.29 is 8.42 Å². The third-order valence-electron chi connectivity index (χ3n) is 3.08. The molecule has 2 aromatic rings. The molecule has 0 unspecified atom stereocenters. The van der Waals surface area contributed by atoms with E-state index in [0.717, 1.165) is 17.8 Å². The minimum atomic E-state index is -3.29. The highest BCUT2D eigenvalue weighted by atomic mass is 35.5. The maximum atomic E-state index is 11.9. The van der Waals surface area contributed by atoms with Crippen molar-refractivity contribution in [1.82, 2.24) is 0 Å². The lowest BCUT2D eigenvalue weighted by Crippen LogP contribution is -2.16. The zero-order valence-electron chi connectivity index (χ0n) is 12.6. The molecule has 0 amide bonds. The van der Waals surface area contributed by atoms with E-state index in [-0.39, 0.29) is 5.75 Å². The summed E-state index contributed by atoms with van der Waals surface area (Å²) in [6.45, 7) is 1.96. The average molecular weight is 373 g/mol. The predicted molar refractivity (Wildman–Crippen MR) is 98.5 cm³/mol. The Kier molecular flexibility index (Phi) is 6.16. The van der Waals surface area contributed by atoms with Crippen molar-refractivity contribution in [1.29, 1.82) is 0 Å². The quantitative estimate of drug-likeness (QED) is 0.694. The summed E-state index contributed by atoms with van der Waals surface area (Å²) in [7, 11) is -3.29. The van der Waals surface area contributed by atoms with Crippen LogP contribution in [0.15, 0.2) is 42.5 Å². The molecule has 4 nitrogen and oxygen atoms in total.